The molecule has 24 heavy (non-hydrogen) atoms. The van der Waals surface area contributed by atoms with E-state index in [1.807, 2.05) is 41.1 Å². The minimum atomic E-state index is -0.114. The lowest BCUT2D eigenvalue weighted by atomic mass is 10.2. The molecule has 7 heteroatoms. The number of rotatable bonds is 5. The van der Waals surface area contributed by atoms with Gasteiger partial charge < -0.3 is 10.4 Å². The van der Waals surface area contributed by atoms with E-state index in [-0.39, 0.29) is 5.56 Å². The van der Waals surface area contributed by atoms with Gasteiger partial charge in [-0.05, 0) is 23.6 Å². The summed E-state index contributed by atoms with van der Waals surface area (Å²) in [5.41, 5.74) is 2.68. The second-order valence-electron chi connectivity index (χ2n) is 5.39. The van der Waals surface area contributed by atoms with Gasteiger partial charge in [0.1, 0.15) is 5.82 Å². The Bertz CT molecular complexity index is 1020. The van der Waals surface area contributed by atoms with Gasteiger partial charge in [-0.1, -0.05) is 12.1 Å². The molecule has 0 amide bonds. The molecule has 120 valence electrons. The van der Waals surface area contributed by atoms with Gasteiger partial charge in [0.15, 0.2) is 5.82 Å². The van der Waals surface area contributed by atoms with Crippen molar-refractivity contribution in [3.63, 3.8) is 0 Å². The zero-order chi connectivity index (χ0) is 16.4. The van der Waals surface area contributed by atoms with E-state index in [1.165, 1.54) is 0 Å². The van der Waals surface area contributed by atoms with Crippen LogP contribution in [0.25, 0.3) is 22.3 Å². The summed E-state index contributed by atoms with van der Waals surface area (Å²) in [5.74, 6) is 1.52. The largest absolute Gasteiger partial charge is 0.369 e. The molecule has 0 bridgehead atoms. The molecule has 0 saturated carbocycles. The van der Waals surface area contributed by atoms with E-state index >= 15 is 0 Å². The SMILES string of the molecule is O=c1cc(CCNc2nc(-c3ccsc3)nc3ccccc23)[nH][nH]1. The van der Waals surface area contributed by atoms with Crippen molar-refractivity contribution in [3.8, 4) is 11.4 Å². The monoisotopic (exact) mass is 337 g/mol. The number of anilines is 1. The summed E-state index contributed by atoms with van der Waals surface area (Å²) in [6, 6.07) is 11.5. The molecule has 4 aromatic rings. The summed E-state index contributed by atoms with van der Waals surface area (Å²) in [6.07, 6.45) is 0.699. The molecule has 0 radical (unpaired) electrons. The van der Waals surface area contributed by atoms with Gasteiger partial charge in [-0.3, -0.25) is 9.89 Å². The van der Waals surface area contributed by atoms with Gasteiger partial charge in [-0.15, -0.1) is 0 Å². The highest BCUT2D eigenvalue weighted by molar-refractivity contribution is 7.08. The Morgan fingerprint density at radius 3 is 2.83 bits per heavy atom. The molecule has 0 aliphatic heterocycles. The van der Waals surface area contributed by atoms with E-state index in [1.54, 1.807) is 17.4 Å². The van der Waals surface area contributed by atoms with Crippen LogP contribution >= 0.6 is 11.3 Å². The number of para-hydroxylation sites is 1. The van der Waals surface area contributed by atoms with Crippen LogP contribution in [0, 0.1) is 0 Å². The Morgan fingerprint density at radius 2 is 2.04 bits per heavy atom. The van der Waals surface area contributed by atoms with Crippen molar-refractivity contribution in [1.82, 2.24) is 20.2 Å². The van der Waals surface area contributed by atoms with Crippen molar-refractivity contribution < 1.29 is 0 Å². The lowest BCUT2D eigenvalue weighted by molar-refractivity contribution is 0.921. The molecule has 3 N–H and O–H groups in total. The molecule has 0 spiro atoms. The highest BCUT2D eigenvalue weighted by Crippen LogP contribution is 2.25. The van der Waals surface area contributed by atoms with E-state index in [0.717, 1.165) is 28.0 Å². The highest BCUT2D eigenvalue weighted by atomic mass is 32.1. The molecule has 0 atom stereocenters. The molecule has 4 rings (SSSR count). The number of benzene rings is 1. The Balaban J connectivity index is 1.64. The Hall–Kier alpha value is -2.93. The number of aromatic amines is 2. The van der Waals surface area contributed by atoms with Crippen LogP contribution in [0.2, 0.25) is 0 Å². The van der Waals surface area contributed by atoms with Gasteiger partial charge in [0.25, 0.3) is 5.56 Å². The molecular formula is C17H15N5OS. The first-order chi connectivity index (χ1) is 11.8. The fourth-order valence-corrected chi connectivity index (χ4v) is 3.19. The molecule has 0 fully saturated rings. The predicted molar refractivity (Wildman–Crippen MR) is 96.5 cm³/mol. The number of aromatic nitrogens is 4. The fraction of sp³-hybridized carbons (Fsp3) is 0.118. The number of H-pyrrole nitrogens is 2. The van der Waals surface area contributed by atoms with Crippen LogP contribution < -0.4 is 10.9 Å². The number of thiophene rings is 1. The van der Waals surface area contributed by atoms with Crippen LogP contribution in [-0.2, 0) is 6.42 Å². The molecular weight excluding hydrogens is 322 g/mol. The molecule has 3 aromatic heterocycles. The molecule has 0 aliphatic carbocycles. The number of fused-ring (bicyclic) bond motifs is 1. The number of hydrogen-bond acceptors (Lipinski definition) is 5. The molecule has 0 saturated heterocycles. The van der Waals surface area contributed by atoms with Crippen molar-refractivity contribution in [1.29, 1.82) is 0 Å². The molecule has 3 heterocycles. The van der Waals surface area contributed by atoms with E-state index in [0.29, 0.717) is 18.8 Å². The number of nitrogens with one attached hydrogen (secondary N) is 3. The van der Waals surface area contributed by atoms with Gasteiger partial charge in [0.05, 0.1) is 5.52 Å². The fourth-order valence-electron chi connectivity index (χ4n) is 2.55. The standard InChI is InChI=1S/C17H15N5OS/c23-15-9-12(21-22-15)5-7-18-17-13-3-1-2-4-14(13)19-16(20-17)11-6-8-24-10-11/h1-4,6,8-10H,5,7H2,(H,18,19,20)(H2,21,22,23). The first-order valence-corrected chi connectivity index (χ1v) is 8.54. The minimum Gasteiger partial charge on any atom is -0.369 e. The van der Waals surface area contributed by atoms with E-state index < -0.39 is 0 Å². The highest BCUT2D eigenvalue weighted by Gasteiger charge is 2.09. The predicted octanol–water partition coefficient (Wildman–Crippen LogP) is 3.03. The van der Waals surface area contributed by atoms with Crippen molar-refractivity contribution in [2.75, 3.05) is 11.9 Å². The first kappa shape index (κ1) is 14.6. The van der Waals surface area contributed by atoms with Gasteiger partial charge in [0, 0.05) is 41.1 Å². The molecule has 1 aromatic carbocycles. The van der Waals surface area contributed by atoms with Gasteiger partial charge in [-0.25, -0.2) is 9.97 Å². The average Bonchev–Trinajstić information content (AvgIpc) is 3.26. The lowest BCUT2D eigenvalue weighted by Gasteiger charge is -2.10. The second-order valence-corrected chi connectivity index (χ2v) is 6.17. The zero-order valence-electron chi connectivity index (χ0n) is 12.7. The minimum absolute atomic E-state index is 0.114. The molecule has 0 unspecified atom stereocenters. The van der Waals surface area contributed by atoms with E-state index in [2.05, 4.69) is 25.5 Å². The van der Waals surface area contributed by atoms with Crippen molar-refractivity contribution in [3.05, 3.63) is 63.2 Å². The summed E-state index contributed by atoms with van der Waals surface area (Å²) in [6.45, 7) is 0.665. The van der Waals surface area contributed by atoms with Crippen LogP contribution in [0.4, 0.5) is 5.82 Å². The van der Waals surface area contributed by atoms with Crippen molar-refractivity contribution in [2.24, 2.45) is 0 Å². The van der Waals surface area contributed by atoms with Crippen molar-refractivity contribution in [2.45, 2.75) is 6.42 Å². The quantitative estimate of drug-likeness (QED) is 0.522. The second kappa shape index (κ2) is 6.29. The summed E-state index contributed by atoms with van der Waals surface area (Å²) in [5, 5.41) is 13.8. The Kier molecular flexibility index (Phi) is 3.84. The maximum absolute atomic E-state index is 11.1. The van der Waals surface area contributed by atoms with Gasteiger partial charge in [-0.2, -0.15) is 11.3 Å². The van der Waals surface area contributed by atoms with Crippen LogP contribution in [0.5, 0.6) is 0 Å². The van der Waals surface area contributed by atoms with Gasteiger partial charge >= 0.3 is 0 Å². The molecule has 6 nitrogen and oxygen atoms in total. The topological polar surface area (TPSA) is 86.5 Å². The Labute approximate surface area is 141 Å². The third-order valence-corrected chi connectivity index (χ3v) is 4.40. The van der Waals surface area contributed by atoms with E-state index in [4.69, 9.17) is 0 Å². The lowest BCUT2D eigenvalue weighted by Crippen LogP contribution is -2.08. The third kappa shape index (κ3) is 2.93. The Morgan fingerprint density at radius 1 is 1.12 bits per heavy atom. The summed E-state index contributed by atoms with van der Waals surface area (Å²) >= 11 is 1.63. The maximum Gasteiger partial charge on any atom is 0.264 e. The van der Waals surface area contributed by atoms with Crippen LogP contribution in [0.1, 0.15) is 5.69 Å². The van der Waals surface area contributed by atoms with E-state index in [9.17, 15) is 4.79 Å². The van der Waals surface area contributed by atoms with Crippen molar-refractivity contribution >= 4 is 28.1 Å². The first-order valence-electron chi connectivity index (χ1n) is 7.59. The summed E-state index contributed by atoms with van der Waals surface area (Å²) in [4.78, 5) is 20.5. The zero-order valence-corrected chi connectivity index (χ0v) is 13.6. The summed E-state index contributed by atoms with van der Waals surface area (Å²) < 4.78 is 0. The van der Waals surface area contributed by atoms with Crippen LogP contribution in [0.3, 0.4) is 0 Å². The van der Waals surface area contributed by atoms with Crippen LogP contribution in [0.15, 0.2) is 52.0 Å². The molecule has 0 aliphatic rings. The maximum atomic E-state index is 11.1. The van der Waals surface area contributed by atoms with Gasteiger partial charge in [0.2, 0.25) is 0 Å². The van der Waals surface area contributed by atoms with Crippen LogP contribution in [-0.4, -0.2) is 26.7 Å². The average molecular weight is 337 g/mol. The summed E-state index contributed by atoms with van der Waals surface area (Å²) in [7, 11) is 0. The third-order valence-electron chi connectivity index (χ3n) is 3.72. The normalized spacial score (nSPS) is 11.0. The smallest absolute Gasteiger partial charge is 0.264 e. The number of nitrogens with zero attached hydrogens (tertiary/aromatic N) is 2. The number of hydrogen-bond donors (Lipinski definition) is 3.